The van der Waals surface area contributed by atoms with E-state index in [1.54, 1.807) is 0 Å². The minimum atomic E-state index is -1.84. The van der Waals surface area contributed by atoms with Crippen molar-refractivity contribution in [1.29, 1.82) is 0 Å². The maximum atomic E-state index is 10.5. The number of carboxylic acids is 4. The van der Waals surface area contributed by atoms with Crippen LogP contribution in [-0.4, -0.2) is 106 Å². The first kappa shape index (κ1) is 37.6. The van der Waals surface area contributed by atoms with Crippen molar-refractivity contribution in [2.75, 3.05) is 6.61 Å². The minimum Gasteiger partial charge on any atom is -0.481 e. The van der Waals surface area contributed by atoms with Crippen molar-refractivity contribution in [2.24, 2.45) is 0 Å². The Morgan fingerprint density at radius 1 is 0.655 bits per heavy atom. The van der Waals surface area contributed by atoms with Crippen LogP contribution in [0.15, 0.2) is 0 Å². The molecule has 0 fully saturated rings. The summed E-state index contributed by atoms with van der Waals surface area (Å²) in [5.74, 6) is -3.33. The summed E-state index contributed by atoms with van der Waals surface area (Å²) in [5.41, 5.74) is 0. The number of aliphatic hydroxyl groups excluding tert-OH is 5. The van der Waals surface area contributed by atoms with Crippen LogP contribution in [0.1, 0.15) is 27.7 Å². The molecule has 29 heavy (non-hydrogen) atoms. The van der Waals surface area contributed by atoms with Crippen LogP contribution in [0.2, 0.25) is 0 Å². The molecule has 174 valence electrons. The quantitative estimate of drug-likeness (QED) is 0.180. The number of aliphatic carboxylic acids is 4. The van der Waals surface area contributed by atoms with E-state index in [-0.39, 0.29) is 0 Å². The molecule has 0 aromatic heterocycles. The lowest BCUT2D eigenvalue weighted by atomic mass is 10.0. The fourth-order valence-corrected chi connectivity index (χ4v) is 0.927. The number of carbonyl (C=O) groups excluding carboxylic acids is 1. The fourth-order valence-electron chi connectivity index (χ4n) is 0.657. The molecule has 15 heteroatoms. The predicted octanol–water partition coefficient (Wildman–Crippen LogP) is -2.29. The number of carbonyl (C=O) groups is 5. The molecule has 0 saturated heterocycles. The molecule has 0 saturated carbocycles. The molecule has 0 rings (SSSR count). The van der Waals surface area contributed by atoms with Crippen molar-refractivity contribution < 1.29 is 69.9 Å². The van der Waals surface area contributed by atoms with E-state index in [1.165, 1.54) is 0 Å². The molecule has 0 aliphatic heterocycles. The molecule has 0 heterocycles. The van der Waals surface area contributed by atoms with Gasteiger partial charge in [0, 0.05) is 27.7 Å². The SMILES string of the molecule is CC(=O)O.CC(=O)O.CC(=O)O.CC(=O)O.O=C(Br)[C@H](O)[C@@H](O)[C@@H](O)[C@H](O)CO. The van der Waals surface area contributed by atoms with Gasteiger partial charge in [-0.2, -0.15) is 0 Å². The van der Waals surface area contributed by atoms with Gasteiger partial charge in [0.25, 0.3) is 23.9 Å². The normalized spacial score (nSPS) is 12.6. The summed E-state index contributed by atoms with van der Waals surface area (Å²) in [6, 6.07) is 0. The Hall–Kier alpha value is -2.17. The molecule has 0 aromatic rings. The minimum absolute atomic E-state index is 0.776. The van der Waals surface area contributed by atoms with E-state index in [0.29, 0.717) is 0 Å². The van der Waals surface area contributed by atoms with Gasteiger partial charge in [-0.15, -0.1) is 0 Å². The summed E-state index contributed by atoms with van der Waals surface area (Å²) >= 11 is 2.38. The Morgan fingerprint density at radius 2 is 0.862 bits per heavy atom. The van der Waals surface area contributed by atoms with Crippen molar-refractivity contribution >= 4 is 44.5 Å². The van der Waals surface area contributed by atoms with Gasteiger partial charge in [-0.05, 0) is 15.9 Å². The van der Waals surface area contributed by atoms with Crippen LogP contribution >= 0.6 is 15.9 Å². The molecule has 0 aromatic carbocycles. The Morgan fingerprint density at radius 3 is 1.00 bits per heavy atom. The van der Waals surface area contributed by atoms with E-state index in [4.69, 9.17) is 65.1 Å². The highest BCUT2D eigenvalue weighted by Crippen LogP contribution is 2.08. The highest BCUT2D eigenvalue weighted by Gasteiger charge is 2.32. The Bertz CT molecular complexity index is 417. The predicted molar refractivity (Wildman–Crippen MR) is 98.3 cm³/mol. The van der Waals surface area contributed by atoms with Crippen LogP contribution < -0.4 is 0 Å². The molecule has 4 atom stereocenters. The van der Waals surface area contributed by atoms with Gasteiger partial charge in [-0.3, -0.25) is 24.0 Å². The van der Waals surface area contributed by atoms with Crippen LogP contribution in [0.5, 0.6) is 0 Å². The Balaban J connectivity index is -0.0000000984. The molecule has 9 N–H and O–H groups in total. The fraction of sp³-hybridized carbons (Fsp3) is 0.643. The number of carboxylic acid groups (broad SMARTS) is 4. The van der Waals surface area contributed by atoms with Crippen LogP contribution in [0, 0.1) is 0 Å². The average Bonchev–Trinajstić information content (AvgIpc) is 2.49. The van der Waals surface area contributed by atoms with E-state index in [2.05, 4.69) is 15.9 Å². The number of hydrogen-bond donors (Lipinski definition) is 9. The maximum Gasteiger partial charge on any atom is 0.300 e. The molecule has 14 nitrogen and oxygen atoms in total. The second-order valence-corrected chi connectivity index (χ2v) is 5.34. The van der Waals surface area contributed by atoms with Gasteiger partial charge in [0.1, 0.15) is 18.3 Å². The first-order valence-corrected chi connectivity index (χ1v) is 7.94. The summed E-state index contributed by atoms with van der Waals surface area (Å²) in [6.07, 6.45) is -7.05. The van der Waals surface area contributed by atoms with Crippen molar-refractivity contribution in [1.82, 2.24) is 0 Å². The first-order chi connectivity index (χ1) is 12.8. The number of hydrogen-bond acceptors (Lipinski definition) is 10. The standard InChI is InChI=1S/C6H11BrO6.4C2H4O2/c7-6(13)5(12)4(11)3(10)2(9)1-8;4*1-2(3)4/h2-5,8-12H,1H2;4*1H3,(H,3,4)/t2-,3+,4+,5-;;;;/m1..../s1. The molecule has 0 spiro atoms. The third-order valence-electron chi connectivity index (χ3n) is 1.49. The van der Waals surface area contributed by atoms with Crippen molar-refractivity contribution in [3.8, 4) is 0 Å². The summed E-state index contributed by atoms with van der Waals surface area (Å²) in [4.78, 5) is 46.5. The van der Waals surface area contributed by atoms with Crippen LogP contribution in [-0.2, 0) is 24.0 Å². The summed E-state index contributed by atoms with van der Waals surface area (Å²) < 4.78 is -0.913. The van der Waals surface area contributed by atoms with Gasteiger partial charge in [-0.25, -0.2) is 0 Å². The van der Waals surface area contributed by atoms with Crippen LogP contribution in [0.3, 0.4) is 0 Å². The number of halogens is 1. The topological polar surface area (TPSA) is 267 Å². The van der Waals surface area contributed by atoms with E-state index >= 15 is 0 Å². The molecule has 0 aliphatic rings. The Labute approximate surface area is 173 Å². The highest BCUT2D eigenvalue weighted by molar-refractivity contribution is 9.18. The summed E-state index contributed by atoms with van der Waals surface area (Å²) in [7, 11) is 0. The lowest BCUT2D eigenvalue weighted by Crippen LogP contribution is -2.47. The largest absolute Gasteiger partial charge is 0.481 e. The number of aliphatic hydroxyl groups is 5. The third kappa shape index (κ3) is 58.5. The van der Waals surface area contributed by atoms with Gasteiger partial charge in [0.15, 0.2) is 6.10 Å². The number of rotatable bonds is 5. The highest BCUT2D eigenvalue weighted by atomic mass is 79.9. The lowest BCUT2D eigenvalue weighted by molar-refractivity contribution is -0.138. The van der Waals surface area contributed by atoms with E-state index < -0.39 is 59.6 Å². The van der Waals surface area contributed by atoms with Gasteiger partial charge in [0.2, 0.25) is 4.69 Å². The Kier molecular flexibility index (Phi) is 30.9. The zero-order valence-electron chi connectivity index (χ0n) is 16.0. The van der Waals surface area contributed by atoms with Gasteiger partial charge in [-0.1, -0.05) is 0 Å². The lowest BCUT2D eigenvalue weighted by Gasteiger charge is -2.23. The second-order valence-electron chi connectivity index (χ2n) is 4.56. The van der Waals surface area contributed by atoms with Crippen LogP contribution in [0.25, 0.3) is 0 Å². The van der Waals surface area contributed by atoms with Gasteiger partial charge >= 0.3 is 0 Å². The molecule has 0 amide bonds. The van der Waals surface area contributed by atoms with E-state index in [9.17, 15) is 4.79 Å². The molecule has 0 aliphatic carbocycles. The monoisotopic (exact) mass is 498 g/mol. The summed E-state index contributed by atoms with van der Waals surface area (Å²) in [6.45, 7) is 3.56. The van der Waals surface area contributed by atoms with Crippen molar-refractivity contribution in [2.45, 2.75) is 52.1 Å². The van der Waals surface area contributed by atoms with Crippen molar-refractivity contribution in [3.63, 3.8) is 0 Å². The van der Waals surface area contributed by atoms with Gasteiger partial charge < -0.3 is 46.0 Å². The third-order valence-corrected chi connectivity index (χ3v) is 1.96. The first-order valence-electron chi connectivity index (χ1n) is 7.15. The van der Waals surface area contributed by atoms with Gasteiger partial charge in [0.05, 0.1) is 6.61 Å². The molecular weight excluding hydrogens is 472 g/mol. The zero-order chi connectivity index (χ0) is 24.9. The van der Waals surface area contributed by atoms with E-state index in [0.717, 1.165) is 27.7 Å². The van der Waals surface area contributed by atoms with Crippen molar-refractivity contribution in [3.05, 3.63) is 0 Å². The van der Waals surface area contributed by atoms with Crippen LogP contribution in [0.4, 0.5) is 0 Å². The molecular formula is C14H27BrO14. The maximum absolute atomic E-state index is 10.5. The molecule has 0 unspecified atom stereocenters. The molecule has 0 radical (unpaired) electrons. The smallest absolute Gasteiger partial charge is 0.300 e. The molecule has 0 bridgehead atoms. The summed E-state index contributed by atoms with van der Waals surface area (Å²) in [5, 5.41) is 73.8. The van der Waals surface area contributed by atoms with E-state index in [1.807, 2.05) is 0 Å². The zero-order valence-corrected chi connectivity index (χ0v) is 17.5. The average molecular weight is 499 g/mol. The second kappa shape index (κ2) is 23.9.